The van der Waals surface area contributed by atoms with E-state index in [9.17, 15) is 14.7 Å². The quantitative estimate of drug-likeness (QED) is 0.482. The summed E-state index contributed by atoms with van der Waals surface area (Å²) in [6.07, 6.45) is -1.00. The maximum Gasteiger partial charge on any atom is 0.274 e. The fourth-order valence-electron chi connectivity index (χ4n) is 3.36. The molecular formula is C24H29N3O6. The summed E-state index contributed by atoms with van der Waals surface area (Å²) < 4.78 is 17.5. The monoisotopic (exact) mass is 455 g/mol. The number of carbonyl (C=O) groups excluding carboxylic acids is 1. The van der Waals surface area contributed by atoms with Crippen LogP contribution in [0.5, 0.6) is 17.2 Å². The minimum atomic E-state index is -1.00. The summed E-state index contributed by atoms with van der Waals surface area (Å²) in [6.45, 7) is 4.15. The van der Waals surface area contributed by atoms with E-state index in [0.717, 1.165) is 0 Å². The van der Waals surface area contributed by atoms with Crippen LogP contribution in [0, 0.1) is 5.92 Å². The minimum Gasteiger partial charge on any atom is -0.493 e. The number of aliphatic hydroxyl groups is 1. The number of fused-ring (bicyclic) bond motifs is 1. The number of aliphatic hydroxyl groups excluding tert-OH is 1. The number of hydrogen-bond donors (Lipinski definition) is 2. The SMILES string of the molecule is COc1cccc(OC)c1OCC(O)CNC(=O)c1nn(CC(C)C)c(=O)c2ccccc12. The topological polar surface area (TPSA) is 112 Å². The molecule has 0 bridgehead atoms. The highest BCUT2D eigenvalue weighted by atomic mass is 16.5. The van der Waals surface area contributed by atoms with Gasteiger partial charge >= 0.3 is 0 Å². The Balaban J connectivity index is 1.72. The third-order valence-electron chi connectivity index (χ3n) is 4.92. The van der Waals surface area contributed by atoms with Gasteiger partial charge in [0.15, 0.2) is 17.2 Å². The molecular weight excluding hydrogens is 426 g/mol. The van der Waals surface area contributed by atoms with Crippen molar-refractivity contribution in [3.05, 3.63) is 58.5 Å². The second kappa shape index (κ2) is 10.8. The van der Waals surface area contributed by atoms with E-state index in [1.54, 1.807) is 42.5 Å². The van der Waals surface area contributed by atoms with Gasteiger partial charge in [0.05, 0.1) is 19.6 Å². The Morgan fingerprint density at radius 1 is 1.06 bits per heavy atom. The Hall–Kier alpha value is -3.59. The average Bonchev–Trinajstić information content (AvgIpc) is 2.82. The van der Waals surface area contributed by atoms with Gasteiger partial charge in [-0.25, -0.2) is 4.68 Å². The van der Waals surface area contributed by atoms with Crippen LogP contribution in [0.4, 0.5) is 0 Å². The molecule has 1 amide bonds. The Morgan fingerprint density at radius 3 is 2.30 bits per heavy atom. The summed E-state index contributed by atoms with van der Waals surface area (Å²) >= 11 is 0. The van der Waals surface area contributed by atoms with E-state index >= 15 is 0 Å². The van der Waals surface area contributed by atoms with Crippen LogP contribution in [0.15, 0.2) is 47.3 Å². The second-order valence-electron chi connectivity index (χ2n) is 7.94. The first-order chi connectivity index (χ1) is 15.8. The predicted molar refractivity (Wildman–Crippen MR) is 124 cm³/mol. The van der Waals surface area contributed by atoms with Crippen LogP contribution in [-0.2, 0) is 6.54 Å². The van der Waals surface area contributed by atoms with Crippen molar-refractivity contribution in [3.63, 3.8) is 0 Å². The first-order valence-electron chi connectivity index (χ1n) is 10.7. The van der Waals surface area contributed by atoms with Gasteiger partial charge in [-0.3, -0.25) is 9.59 Å². The van der Waals surface area contributed by atoms with Gasteiger partial charge in [0.1, 0.15) is 12.7 Å². The number of amides is 1. The van der Waals surface area contributed by atoms with Crippen molar-refractivity contribution >= 4 is 16.7 Å². The van der Waals surface area contributed by atoms with E-state index in [0.29, 0.717) is 34.6 Å². The minimum absolute atomic E-state index is 0.0738. The van der Waals surface area contributed by atoms with Crippen molar-refractivity contribution in [2.45, 2.75) is 26.5 Å². The number of ether oxygens (including phenoxy) is 3. The van der Waals surface area contributed by atoms with Gasteiger partial charge in [-0.15, -0.1) is 0 Å². The third-order valence-corrected chi connectivity index (χ3v) is 4.92. The van der Waals surface area contributed by atoms with Gasteiger partial charge in [0.25, 0.3) is 11.5 Å². The first-order valence-corrected chi connectivity index (χ1v) is 10.7. The van der Waals surface area contributed by atoms with Crippen LogP contribution >= 0.6 is 0 Å². The number of hydrogen-bond acceptors (Lipinski definition) is 7. The molecule has 2 N–H and O–H groups in total. The normalized spacial score (nSPS) is 11.9. The van der Waals surface area contributed by atoms with Crippen molar-refractivity contribution in [2.75, 3.05) is 27.4 Å². The molecule has 1 aromatic heterocycles. The zero-order valence-electron chi connectivity index (χ0n) is 19.2. The van der Waals surface area contributed by atoms with Crippen LogP contribution < -0.4 is 25.1 Å². The summed E-state index contributed by atoms with van der Waals surface area (Å²) in [7, 11) is 3.02. The smallest absolute Gasteiger partial charge is 0.274 e. The number of para-hydroxylation sites is 1. The third kappa shape index (κ3) is 5.61. The molecule has 9 nitrogen and oxygen atoms in total. The van der Waals surface area contributed by atoms with Crippen LogP contribution in [0.1, 0.15) is 24.3 Å². The summed E-state index contributed by atoms with van der Waals surface area (Å²) in [5.74, 6) is 0.986. The van der Waals surface area contributed by atoms with Crippen molar-refractivity contribution < 1.29 is 24.1 Å². The highest BCUT2D eigenvalue weighted by Gasteiger charge is 2.19. The molecule has 0 saturated carbocycles. The summed E-state index contributed by atoms with van der Waals surface area (Å²) in [6, 6.07) is 12.1. The predicted octanol–water partition coefficient (Wildman–Crippen LogP) is 2.24. The average molecular weight is 456 g/mol. The number of aromatic nitrogens is 2. The molecule has 0 saturated heterocycles. The number of methoxy groups -OCH3 is 2. The molecule has 1 atom stereocenters. The van der Waals surface area contributed by atoms with Gasteiger partial charge in [0, 0.05) is 18.5 Å². The molecule has 3 rings (SSSR count). The van der Waals surface area contributed by atoms with E-state index in [4.69, 9.17) is 14.2 Å². The van der Waals surface area contributed by atoms with Gasteiger partial charge in [-0.1, -0.05) is 38.1 Å². The lowest BCUT2D eigenvalue weighted by atomic mass is 10.1. The molecule has 2 aromatic carbocycles. The van der Waals surface area contributed by atoms with Gasteiger partial charge in [0.2, 0.25) is 5.75 Å². The highest BCUT2D eigenvalue weighted by molar-refractivity contribution is 6.04. The molecule has 0 aliphatic rings. The van der Waals surface area contributed by atoms with Crippen molar-refractivity contribution in [2.24, 2.45) is 5.92 Å². The maximum atomic E-state index is 12.9. The Labute approximate surface area is 191 Å². The van der Waals surface area contributed by atoms with Crippen LogP contribution in [0.2, 0.25) is 0 Å². The molecule has 0 aliphatic heterocycles. The number of rotatable bonds is 10. The summed E-state index contributed by atoms with van der Waals surface area (Å²) in [5, 5.41) is 18.2. The van der Waals surface area contributed by atoms with E-state index < -0.39 is 12.0 Å². The number of nitrogens with one attached hydrogen (secondary N) is 1. The summed E-state index contributed by atoms with van der Waals surface area (Å²) in [4.78, 5) is 25.6. The molecule has 9 heteroatoms. The van der Waals surface area contributed by atoms with E-state index in [1.165, 1.54) is 18.9 Å². The number of carbonyl (C=O) groups is 1. The van der Waals surface area contributed by atoms with E-state index in [-0.39, 0.29) is 30.3 Å². The van der Waals surface area contributed by atoms with Gasteiger partial charge in [-0.05, 0) is 24.1 Å². The summed E-state index contributed by atoms with van der Waals surface area (Å²) in [5.41, 5.74) is -0.111. The number of benzene rings is 2. The van der Waals surface area contributed by atoms with Gasteiger partial charge < -0.3 is 24.6 Å². The molecule has 0 fully saturated rings. The maximum absolute atomic E-state index is 12.9. The highest BCUT2D eigenvalue weighted by Crippen LogP contribution is 2.36. The van der Waals surface area contributed by atoms with Crippen molar-refractivity contribution in [3.8, 4) is 17.2 Å². The lowest BCUT2D eigenvalue weighted by Gasteiger charge is -2.17. The van der Waals surface area contributed by atoms with Gasteiger partial charge in [-0.2, -0.15) is 5.10 Å². The van der Waals surface area contributed by atoms with E-state index in [2.05, 4.69) is 10.4 Å². The van der Waals surface area contributed by atoms with Crippen LogP contribution in [0.3, 0.4) is 0 Å². The lowest BCUT2D eigenvalue weighted by molar-refractivity contribution is 0.0829. The molecule has 33 heavy (non-hydrogen) atoms. The molecule has 1 unspecified atom stereocenters. The number of nitrogens with zero attached hydrogens (tertiary/aromatic N) is 2. The Morgan fingerprint density at radius 2 is 1.70 bits per heavy atom. The van der Waals surface area contributed by atoms with E-state index in [1.807, 2.05) is 13.8 Å². The van der Waals surface area contributed by atoms with Crippen LogP contribution in [-0.4, -0.2) is 54.3 Å². The zero-order chi connectivity index (χ0) is 24.0. The van der Waals surface area contributed by atoms with Crippen LogP contribution in [0.25, 0.3) is 10.8 Å². The Bertz CT molecular complexity index is 1150. The molecule has 3 aromatic rings. The van der Waals surface area contributed by atoms with Crippen molar-refractivity contribution in [1.82, 2.24) is 15.1 Å². The molecule has 1 heterocycles. The fourth-order valence-corrected chi connectivity index (χ4v) is 3.36. The molecule has 0 aliphatic carbocycles. The molecule has 0 radical (unpaired) electrons. The zero-order valence-corrected chi connectivity index (χ0v) is 19.2. The van der Waals surface area contributed by atoms with Crippen molar-refractivity contribution in [1.29, 1.82) is 0 Å². The fraction of sp³-hybridized carbons (Fsp3) is 0.375. The lowest BCUT2D eigenvalue weighted by Crippen LogP contribution is -2.37. The Kier molecular flexibility index (Phi) is 7.89. The largest absolute Gasteiger partial charge is 0.493 e. The first kappa shape index (κ1) is 24.1. The molecule has 176 valence electrons. The standard InChI is InChI=1S/C24H29N3O6/c1-15(2)13-27-24(30)18-9-6-5-8-17(18)21(26-27)23(29)25-12-16(28)14-33-22-19(31-3)10-7-11-20(22)32-4/h5-11,15-16,28H,12-14H2,1-4H3,(H,25,29). The molecule has 0 spiro atoms. The second-order valence-corrected chi connectivity index (χ2v) is 7.94.